The molecule has 0 bridgehead atoms. The van der Waals surface area contributed by atoms with Gasteiger partial charge >= 0.3 is 0 Å². The number of hydrogen-bond donors (Lipinski definition) is 1. The lowest BCUT2D eigenvalue weighted by Gasteiger charge is -2.12. The highest BCUT2D eigenvalue weighted by Gasteiger charge is 2.07. The zero-order valence-corrected chi connectivity index (χ0v) is 12.8. The number of aryl methyl sites for hydroxylation is 3. The largest absolute Gasteiger partial charge is 0.483 e. The van der Waals surface area contributed by atoms with Gasteiger partial charge in [0.25, 0.3) is 5.91 Å². The summed E-state index contributed by atoms with van der Waals surface area (Å²) in [6, 6.07) is 13.8. The third-order valence-electron chi connectivity index (χ3n) is 3.40. The Morgan fingerprint density at radius 2 is 1.67 bits per heavy atom. The molecule has 0 saturated heterocycles. The first-order valence-electron chi connectivity index (χ1n) is 7.18. The fourth-order valence-corrected chi connectivity index (χ4v) is 2.19. The minimum absolute atomic E-state index is 0.0151. The van der Waals surface area contributed by atoms with E-state index in [0.717, 1.165) is 29.0 Å². The molecule has 1 N–H and O–H groups in total. The van der Waals surface area contributed by atoms with Crippen LogP contribution in [0.2, 0.25) is 0 Å². The van der Waals surface area contributed by atoms with Crippen molar-refractivity contribution >= 4 is 11.6 Å². The lowest BCUT2D eigenvalue weighted by atomic mass is 10.1. The normalized spacial score (nSPS) is 10.2. The van der Waals surface area contributed by atoms with E-state index in [-0.39, 0.29) is 12.5 Å². The number of rotatable bonds is 5. The Labute approximate surface area is 126 Å². The molecule has 0 fully saturated rings. The van der Waals surface area contributed by atoms with Crippen LogP contribution in [0.5, 0.6) is 5.75 Å². The van der Waals surface area contributed by atoms with Crippen molar-refractivity contribution in [2.45, 2.75) is 27.2 Å². The van der Waals surface area contributed by atoms with Gasteiger partial charge in [0.2, 0.25) is 0 Å². The number of carbonyl (C=O) groups excluding carboxylic acids is 1. The maximum absolute atomic E-state index is 11.9. The summed E-state index contributed by atoms with van der Waals surface area (Å²) in [6.07, 6.45) is 0.990. The van der Waals surface area contributed by atoms with Gasteiger partial charge < -0.3 is 10.1 Å². The molecule has 0 aliphatic carbocycles. The number of amides is 1. The number of carbonyl (C=O) groups is 1. The van der Waals surface area contributed by atoms with E-state index in [9.17, 15) is 4.79 Å². The standard InChI is InChI=1S/C18H21NO2/c1-4-15-8-10-16(11-9-15)19-17(20)12-21-18-13(2)6-5-7-14(18)3/h5-11H,4,12H2,1-3H3,(H,19,20). The Kier molecular flexibility index (Phi) is 4.99. The Hall–Kier alpha value is -2.29. The second-order valence-corrected chi connectivity index (χ2v) is 5.11. The van der Waals surface area contributed by atoms with Gasteiger partial charge in [-0.1, -0.05) is 37.3 Å². The topological polar surface area (TPSA) is 38.3 Å². The van der Waals surface area contributed by atoms with E-state index >= 15 is 0 Å². The van der Waals surface area contributed by atoms with Crippen molar-refractivity contribution in [3.63, 3.8) is 0 Å². The highest BCUT2D eigenvalue weighted by Crippen LogP contribution is 2.22. The van der Waals surface area contributed by atoms with E-state index < -0.39 is 0 Å². The smallest absolute Gasteiger partial charge is 0.262 e. The number of hydrogen-bond acceptors (Lipinski definition) is 2. The molecular weight excluding hydrogens is 262 g/mol. The van der Waals surface area contributed by atoms with Gasteiger partial charge in [-0.15, -0.1) is 0 Å². The lowest BCUT2D eigenvalue weighted by Crippen LogP contribution is -2.20. The second-order valence-electron chi connectivity index (χ2n) is 5.11. The molecule has 0 aromatic heterocycles. The van der Waals surface area contributed by atoms with E-state index in [1.165, 1.54) is 5.56 Å². The summed E-state index contributed by atoms with van der Waals surface area (Å²) in [4.78, 5) is 11.9. The van der Waals surface area contributed by atoms with Gasteiger partial charge in [0.1, 0.15) is 5.75 Å². The molecule has 2 aromatic carbocycles. The number of anilines is 1. The average molecular weight is 283 g/mol. The van der Waals surface area contributed by atoms with E-state index in [4.69, 9.17) is 4.74 Å². The Bertz CT molecular complexity index is 597. The minimum Gasteiger partial charge on any atom is -0.483 e. The monoisotopic (exact) mass is 283 g/mol. The third-order valence-corrected chi connectivity index (χ3v) is 3.40. The van der Waals surface area contributed by atoms with Crippen LogP contribution in [-0.4, -0.2) is 12.5 Å². The first-order chi connectivity index (χ1) is 10.1. The lowest BCUT2D eigenvalue weighted by molar-refractivity contribution is -0.118. The molecule has 0 aliphatic heterocycles. The molecule has 0 spiro atoms. The molecular formula is C18H21NO2. The molecule has 21 heavy (non-hydrogen) atoms. The molecule has 0 unspecified atom stereocenters. The molecule has 0 atom stereocenters. The maximum Gasteiger partial charge on any atom is 0.262 e. The highest BCUT2D eigenvalue weighted by atomic mass is 16.5. The number of para-hydroxylation sites is 1. The summed E-state index contributed by atoms with van der Waals surface area (Å²) in [5, 5.41) is 2.84. The third kappa shape index (κ3) is 4.09. The van der Waals surface area contributed by atoms with Crippen LogP contribution in [0.15, 0.2) is 42.5 Å². The summed E-state index contributed by atoms with van der Waals surface area (Å²) in [5.41, 5.74) is 4.12. The molecule has 3 nitrogen and oxygen atoms in total. The molecule has 2 rings (SSSR count). The first-order valence-corrected chi connectivity index (χ1v) is 7.18. The van der Waals surface area contributed by atoms with Gasteiger partial charge in [-0.2, -0.15) is 0 Å². The molecule has 0 aliphatic rings. The summed E-state index contributed by atoms with van der Waals surface area (Å²) >= 11 is 0. The van der Waals surface area contributed by atoms with Gasteiger partial charge in [0, 0.05) is 5.69 Å². The van der Waals surface area contributed by atoms with Crippen LogP contribution in [0.4, 0.5) is 5.69 Å². The molecule has 0 radical (unpaired) electrons. The Balaban J connectivity index is 1.92. The van der Waals surface area contributed by atoms with Crippen LogP contribution in [-0.2, 0) is 11.2 Å². The van der Waals surface area contributed by atoms with Crippen LogP contribution in [0, 0.1) is 13.8 Å². The Morgan fingerprint density at radius 1 is 1.05 bits per heavy atom. The molecule has 110 valence electrons. The summed E-state index contributed by atoms with van der Waals surface area (Å²) in [7, 11) is 0. The molecule has 0 heterocycles. The van der Waals surface area contributed by atoms with Crippen molar-refractivity contribution in [3.8, 4) is 5.75 Å². The predicted molar refractivity (Wildman–Crippen MR) is 85.9 cm³/mol. The molecule has 1 amide bonds. The first kappa shape index (κ1) is 15.1. The van der Waals surface area contributed by atoms with Crippen molar-refractivity contribution < 1.29 is 9.53 Å². The molecule has 0 saturated carbocycles. The van der Waals surface area contributed by atoms with Crippen molar-refractivity contribution in [1.82, 2.24) is 0 Å². The fourth-order valence-electron chi connectivity index (χ4n) is 2.19. The van der Waals surface area contributed by atoms with Crippen LogP contribution >= 0.6 is 0 Å². The van der Waals surface area contributed by atoms with Crippen LogP contribution in [0.1, 0.15) is 23.6 Å². The molecule has 3 heteroatoms. The van der Waals surface area contributed by atoms with E-state index in [2.05, 4.69) is 12.2 Å². The summed E-state index contributed by atoms with van der Waals surface area (Å²) in [5.74, 6) is 0.635. The maximum atomic E-state index is 11.9. The SMILES string of the molecule is CCc1ccc(NC(=O)COc2c(C)cccc2C)cc1. The van der Waals surface area contributed by atoms with Gasteiger partial charge in [0.05, 0.1) is 0 Å². The number of nitrogens with one attached hydrogen (secondary N) is 1. The zero-order valence-electron chi connectivity index (χ0n) is 12.8. The minimum atomic E-state index is -0.151. The van der Waals surface area contributed by atoms with E-state index in [0.29, 0.717) is 0 Å². The number of ether oxygens (including phenoxy) is 1. The van der Waals surface area contributed by atoms with Gasteiger partial charge in [-0.3, -0.25) is 4.79 Å². The van der Waals surface area contributed by atoms with Crippen LogP contribution in [0.3, 0.4) is 0 Å². The van der Waals surface area contributed by atoms with Gasteiger partial charge in [-0.05, 0) is 49.1 Å². The van der Waals surface area contributed by atoms with Crippen molar-refractivity contribution in [2.75, 3.05) is 11.9 Å². The van der Waals surface area contributed by atoms with Crippen molar-refractivity contribution in [3.05, 3.63) is 59.2 Å². The zero-order chi connectivity index (χ0) is 15.2. The van der Waals surface area contributed by atoms with E-state index in [1.54, 1.807) is 0 Å². The van der Waals surface area contributed by atoms with Gasteiger partial charge in [0.15, 0.2) is 6.61 Å². The number of benzene rings is 2. The molecule has 2 aromatic rings. The predicted octanol–water partition coefficient (Wildman–Crippen LogP) is 3.88. The quantitative estimate of drug-likeness (QED) is 0.904. The summed E-state index contributed by atoms with van der Waals surface area (Å²) < 4.78 is 5.63. The van der Waals surface area contributed by atoms with E-state index in [1.807, 2.05) is 56.3 Å². The average Bonchev–Trinajstić information content (AvgIpc) is 2.47. The van der Waals surface area contributed by atoms with Gasteiger partial charge in [-0.25, -0.2) is 0 Å². The Morgan fingerprint density at radius 3 is 2.24 bits per heavy atom. The highest BCUT2D eigenvalue weighted by molar-refractivity contribution is 5.91. The van der Waals surface area contributed by atoms with Crippen LogP contribution in [0.25, 0.3) is 0 Å². The fraction of sp³-hybridized carbons (Fsp3) is 0.278. The van der Waals surface area contributed by atoms with Crippen LogP contribution < -0.4 is 10.1 Å². The second kappa shape index (κ2) is 6.93. The summed E-state index contributed by atoms with van der Waals surface area (Å²) in [6.45, 7) is 6.07. The van der Waals surface area contributed by atoms with Crippen molar-refractivity contribution in [1.29, 1.82) is 0 Å². The van der Waals surface area contributed by atoms with Crippen molar-refractivity contribution in [2.24, 2.45) is 0 Å².